The first-order chi connectivity index (χ1) is 7.89. The van der Waals surface area contributed by atoms with Crippen LogP contribution in [0.5, 0.6) is 5.88 Å². The highest BCUT2D eigenvalue weighted by atomic mass is 35.5. The molecule has 1 saturated carbocycles. The topological polar surface area (TPSA) is 39.2 Å². The first-order valence-electron chi connectivity index (χ1n) is 5.59. The molecule has 1 aromatic heterocycles. The Morgan fingerprint density at radius 3 is 2.65 bits per heavy atom. The minimum atomic E-state index is -0.0362. The van der Waals surface area contributed by atoms with Gasteiger partial charge in [0, 0.05) is 23.6 Å². The number of Topliss-reactive ketones (excluding diaryl/α,β-unsaturated/α-hetero) is 1. The fraction of sp³-hybridized carbons (Fsp3) is 0.538. The number of ether oxygens (including phenoxy) is 1. The molecule has 4 heteroatoms. The first kappa shape index (κ1) is 12.4. The van der Waals surface area contributed by atoms with Crippen molar-refractivity contribution in [1.29, 1.82) is 0 Å². The summed E-state index contributed by atoms with van der Waals surface area (Å²) in [6.45, 7) is 5.81. The van der Waals surface area contributed by atoms with Crippen molar-refractivity contribution in [3.8, 4) is 5.88 Å². The Labute approximate surface area is 106 Å². The third kappa shape index (κ3) is 1.93. The van der Waals surface area contributed by atoms with E-state index in [1.54, 1.807) is 20.2 Å². The lowest BCUT2D eigenvalue weighted by Gasteiger charge is -2.08. The maximum Gasteiger partial charge on any atom is 0.216 e. The van der Waals surface area contributed by atoms with Crippen molar-refractivity contribution in [3.05, 3.63) is 22.8 Å². The highest BCUT2D eigenvalue weighted by Crippen LogP contribution is 2.65. The Morgan fingerprint density at radius 1 is 1.53 bits per heavy atom. The summed E-state index contributed by atoms with van der Waals surface area (Å²) in [6.07, 6.45) is 1.56. The van der Waals surface area contributed by atoms with Gasteiger partial charge in [-0.3, -0.25) is 4.79 Å². The number of hydrogen-bond acceptors (Lipinski definition) is 3. The molecule has 2 atom stereocenters. The van der Waals surface area contributed by atoms with Gasteiger partial charge in [0.15, 0.2) is 0 Å². The standard InChI is InChI=1S/C13H16ClNO2/c1-7(16)10-11(13(10,2)3)9-5-8(14)6-15-12(9)17-4/h5-6,10-11H,1-4H3/t10-,11-/m1/s1. The Morgan fingerprint density at radius 2 is 2.18 bits per heavy atom. The summed E-state index contributed by atoms with van der Waals surface area (Å²) in [7, 11) is 1.58. The number of nitrogens with zero attached hydrogens (tertiary/aromatic N) is 1. The van der Waals surface area contributed by atoms with Gasteiger partial charge in [-0.15, -0.1) is 0 Å². The quantitative estimate of drug-likeness (QED) is 0.831. The molecule has 2 rings (SSSR count). The fourth-order valence-corrected chi connectivity index (χ4v) is 2.98. The summed E-state index contributed by atoms with van der Waals surface area (Å²) < 4.78 is 5.24. The van der Waals surface area contributed by atoms with Gasteiger partial charge in [-0.25, -0.2) is 4.98 Å². The van der Waals surface area contributed by atoms with Crippen LogP contribution in [0.4, 0.5) is 0 Å². The number of carbonyl (C=O) groups excluding carboxylic acids is 1. The molecule has 0 aromatic carbocycles. The van der Waals surface area contributed by atoms with E-state index in [4.69, 9.17) is 16.3 Å². The van der Waals surface area contributed by atoms with E-state index in [2.05, 4.69) is 18.8 Å². The molecule has 0 bridgehead atoms. The average molecular weight is 254 g/mol. The molecule has 1 aliphatic carbocycles. The maximum atomic E-state index is 11.6. The summed E-state index contributed by atoms with van der Waals surface area (Å²) >= 11 is 5.96. The summed E-state index contributed by atoms with van der Waals surface area (Å²) in [6, 6.07) is 1.85. The van der Waals surface area contributed by atoms with Crippen LogP contribution >= 0.6 is 11.6 Å². The highest BCUT2D eigenvalue weighted by molar-refractivity contribution is 6.30. The second-order valence-electron chi connectivity index (χ2n) is 5.14. The van der Waals surface area contributed by atoms with Crippen molar-refractivity contribution >= 4 is 17.4 Å². The van der Waals surface area contributed by atoms with Crippen molar-refractivity contribution < 1.29 is 9.53 Å². The normalized spacial score (nSPS) is 25.5. The molecule has 0 unspecified atom stereocenters. The number of halogens is 1. The van der Waals surface area contributed by atoms with Gasteiger partial charge in [0.25, 0.3) is 0 Å². The van der Waals surface area contributed by atoms with Crippen LogP contribution in [-0.2, 0) is 4.79 Å². The zero-order chi connectivity index (χ0) is 12.8. The van der Waals surface area contributed by atoms with E-state index >= 15 is 0 Å². The van der Waals surface area contributed by atoms with Crippen LogP contribution in [0.2, 0.25) is 5.02 Å². The smallest absolute Gasteiger partial charge is 0.216 e. The van der Waals surface area contributed by atoms with Gasteiger partial charge in [0.1, 0.15) is 5.78 Å². The van der Waals surface area contributed by atoms with E-state index in [-0.39, 0.29) is 23.0 Å². The minimum absolute atomic E-state index is 0.0362. The average Bonchev–Trinajstić information content (AvgIpc) is 2.81. The van der Waals surface area contributed by atoms with Crippen LogP contribution in [0.15, 0.2) is 12.3 Å². The van der Waals surface area contributed by atoms with Crippen LogP contribution < -0.4 is 4.74 Å². The Balaban J connectivity index is 2.42. The van der Waals surface area contributed by atoms with Crippen LogP contribution in [0.3, 0.4) is 0 Å². The molecule has 92 valence electrons. The predicted octanol–water partition coefficient (Wildman–Crippen LogP) is 3.07. The molecule has 0 saturated heterocycles. The van der Waals surface area contributed by atoms with E-state index in [1.807, 2.05) is 6.07 Å². The molecule has 0 spiro atoms. The molecule has 17 heavy (non-hydrogen) atoms. The second kappa shape index (κ2) is 3.98. The molecule has 0 aliphatic heterocycles. The maximum absolute atomic E-state index is 11.6. The molecule has 1 aromatic rings. The SMILES string of the molecule is COc1ncc(Cl)cc1[C@@H]1[C@@H](C(C)=O)C1(C)C. The summed E-state index contributed by atoms with van der Waals surface area (Å²) in [5.74, 6) is 0.969. The number of hydrogen-bond donors (Lipinski definition) is 0. The third-order valence-corrected chi connectivity index (χ3v) is 3.85. The molecule has 0 radical (unpaired) electrons. The summed E-state index contributed by atoms with van der Waals surface area (Å²) in [4.78, 5) is 15.7. The number of methoxy groups -OCH3 is 1. The molecule has 1 fully saturated rings. The minimum Gasteiger partial charge on any atom is -0.481 e. The molecule has 0 amide bonds. The molecule has 0 N–H and O–H groups in total. The lowest BCUT2D eigenvalue weighted by molar-refractivity contribution is -0.118. The fourth-order valence-electron chi connectivity index (χ4n) is 2.81. The van der Waals surface area contributed by atoms with Crippen molar-refractivity contribution in [3.63, 3.8) is 0 Å². The van der Waals surface area contributed by atoms with E-state index < -0.39 is 0 Å². The Hall–Kier alpha value is -1.09. The van der Waals surface area contributed by atoms with Gasteiger partial charge in [0.2, 0.25) is 5.88 Å². The Kier molecular flexibility index (Phi) is 2.90. The van der Waals surface area contributed by atoms with Gasteiger partial charge in [0.05, 0.1) is 12.1 Å². The van der Waals surface area contributed by atoms with Gasteiger partial charge in [-0.05, 0) is 18.4 Å². The third-order valence-electron chi connectivity index (χ3n) is 3.64. The van der Waals surface area contributed by atoms with Crippen molar-refractivity contribution in [1.82, 2.24) is 4.98 Å². The van der Waals surface area contributed by atoms with Crippen molar-refractivity contribution in [2.75, 3.05) is 7.11 Å². The zero-order valence-corrected chi connectivity index (χ0v) is 11.2. The van der Waals surface area contributed by atoms with E-state index in [1.165, 1.54) is 0 Å². The van der Waals surface area contributed by atoms with Crippen LogP contribution in [0, 0.1) is 11.3 Å². The zero-order valence-electron chi connectivity index (χ0n) is 10.5. The summed E-state index contributed by atoms with van der Waals surface area (Å²) in [5, 5.41) is 0.575. The van der Waals surface area contributed by atoms with Crippen molar-refractivity contribution in [2.45, 2.75) is 26.7 Å². The number of rotatable bonds is 3. The van der Waals surface area contributed by atoms with Gasteiger partial charge in [-0.1, -0.05) is 25.4 Å². The lowest BCUT2D eigenvalue weighted by atomic mass is 10.0. The molecule has 1 heterocycles. The number of carbonyl (C=O) groups is 1. The van der Waals surface area contributed by atoms with Gasteiger partial charge < -0.3 is 4.74 Å². The highest BCUT2D eigenvalue weighted by Gasteiger charge is 2.61. The molecule has 1 aliphatic rings. The van der Waals surface area contributed by atoms with E-state index in [0.717, 1.165) is 5.56 Å². The second-order valence-corrected chi connectivity index (χ2v) is 5.58. The molecule has 3 nitrogen and oxygen atoms in total. The number of ketones is 1. The number of pyridine rings is 1. The Bertz CT molecular complexity index is 470. The van der Waals surface area contributed by atoms with Gasteiger partial charge >= 0.3 is 0 Å². The largest absolute Gasteiger partial charge is 0.481 e. The van der Waals surface area contributed by atoms with Crippen LogP contribution in [0.1, 0.15) is 32.3 Å². The van der Waals surface area contributed by atoms with Crippen LogP contribution in [0.25, 0.3) is 0 Å². The monoisotopic (exact) mass is 253 g/mol. The summed E-state index contributed by atoms with van der Waals surface area (Å²) in [5.41, 5.74) is 0.899. The van der Waals surface area contributed by atoms with E-state index in [0.29, 0.717) is 10.9 Å². The first-order valence-corrected chi connectivity index (χ1v) is 5.97. The van der Waals surface area contributed by atoms with Gasteiger partial charge in [-0.2, -0.15) is 0 Å². The predicted molar refractivity (Wildman–Crippen MR) is 66.5 cm³/mol. The van der Waals surface area contributed by atoms with Crippen LogP contribution in [-0.4, -0.2) is 17.9 Å². The van der Waals surface area contributed by atoms with E-state index in [9.17, 15) is 4.79 Å². The molecular formula is C13H16ClNO2. The number of aromatic nitrogens is 1. The van der Waals surface area contributed by atoms with Crippen molar-refractivity contribution in [2.24, 2.45) is 11.3 Å². The molecular weight excluding hydrogens is 238 g/mol. The lowest BCUT2D eigenvalue weighted by Crippen LogP contribution is -1.99.